The van der Waals surface area contributed by atoms with Crippen LogP contribution in [0.2, 0.25) is 0 Å². The second-order valence-electron chi connectivity index (χ2n) is 6.16. The molecule has 2 heterocycles. The van der Waals surface area contributed by atoms with Crippen molar-refractivity contribution in [2.24, 2.45) is 5.92 Å². The number of sulfonamides is 1. The Morgan fingerprint density at radius 2 is 2.05 bits per heavy atom. The van der Waals surface area contributed by atoms with E-state index in [1.165, 1.54) is 4.31 Å². The van der Waals surface area contributed by atoms with E-state index in [0.29, 0.717) is 32.5 Å². The number of rotatable bonds is 5. The number of aliphatic hydroxyl groups is 1. The molecule has 0 aromatic rings. The molecule has 0 spiro atoms. The molecular formula is C14H26N2O4S. The number of aliphatic hydroxyl groups excluding tert-OH is 1. The largest absolute Gasteiger partial charge is 0.393 e. The summed E-state index contributed by atoms with van der Waals surface area (Å²) in [5, 5.41) is 9.62. The van der Waals surface area contributed by atoms with Gasteiger partial charge in [0, 0.05) is 25.6 Å². The van der Waals surface area contributed by atoms with Crippen molar-refractivity contribution >= 4 is 15.9 Å². The Morgan fingerprint density at radius 1 is 1.33 bits per heavy atom. The van der Waals surface area contributed by atoms with Gasteiger partial charge in [0.25, 0.3) is 0 Å². The van der Waals surface area contributed by atoms with Gasteiger partial charge < -0.3 is 10.0 Å². The summed E-state index contributed by atoms with van der Waals surface area (Å²) in [5.74, 6) is 0.124. The minimum absolute atomic E-state index is 0.0877. The average molecular weight is 318 g/mol. The lowest BCUT2D eigenvalue weighted by Gasteiger charge is -2.27. The van der Waals surface area contributed by atoms with Crippen LogP contribution in [0.25, 0.3) is 0 Å². The maximum absolute atomic E-state index is 12.6. The highest BCUT2D eigenvalue weighted by molar-refractivity contribution is 7.89. The molecule has 21 heavy (non-hydrogen) atoms. The first kappa shape index (κ1) is 16.7. The van der Waals surface area contributed by atoms with Crippen LogP contribution in [0, 0.1) is 5.92 Å². The summed E-state index contributed by atoms with van der Waals surface area (Å²) >= 11 is 0. The van der Waals surface area contributed by atoms with Gasteiger partial charge >= 0.3 is 0 Å². The van der Waals surface area contributed by atoms with E-state index in [0.717, 1.165) is 12.8 Å². The van der Waals surface area contributed by atoms with E-state index in [9.17, 15) is 18.3 Å². The van der Waals surface area contributed by atoms with Crippen LogP contribution in [-0.2, 0) is 14.8 Å². The first-order valence-corrected chi connectivity index (χ1v) is 9.44. The van der Waals surface area contributed by atoms with Crippen LogP contribution < -0.4 is 0 Å². The van der Waals surface area contributed by atoms with Crippen LogP contribution in [0.4, 0.5) is 0 Å². The molecule has 0 saturated carbocycles. The highest BCUT2D eigenvalue weighted by Crippen LogP contribution is 2.27. The molecule has 0 bridgehead atoms. The molecule has 0 aromatic carbocycles. The smallest absolute Gasteiger partial charge is 0.241 e. The molecule has 3 unspecified atom stereocenters. The van der Waals surface area contributed by atoms with Crippen molar-refractivity contribution in [1.29, 1.82) is 0 Å². The Labute approximate surface area is 127 Å². The summed E-state index contributed by atoms with van der Waals surface area (Å²) in [6, 6.07) is -0.533. The lowest BCUT2D eigenvalue weighted by atomic mass is 10.0. The van der Waals surface area contributed by atoms with Gasteiger partial charge in [-0.05, 0) is 32.6 Å². The first-order valence-electron chi connectivity index (χ1n) is 7.83. The SMILES string of the molecule is CCCS(=O)(=O)N1CCCC1C(=O)N1CCC(C(C)O)C1. The predicted molar refractivity (Wildman–Crippen MR) is 80.2 cm³/mol. The molecule has 1 amide bonds. The number of nitrogens with zero attached hydrogens (tertiary/aromatic N) is 2. The Morgan fingerprint density at radius 3 is 2.62 bits per heavy atom. The van der Waals surface area contributed by atoms with Crippen LogP contribution in [0.15, 0.2) is 0 Å². The van der Waals surface area contributed by atoms with E-state index in [1.54, 1.807) is 11.8 Å². The minimum Gasteiger partial charge on any atom is -0.393 e. The van der Waals surface area contributed by atoms with E-state index in [1.807, 2.05) is 6.92 Å². The first-order chi connectivity index (χ1) is 9.86. The van der Waals surface area contributed by atoms with Crippen LogP contribution in [0.3, 0.4) is 0 Å². The van der Waals surface area contributed by atoms with Crippen LogP contribution in [0.1, 0.15) is 39.5 Å². The molecule has 2 saturated heterocycles. The number of hydrogen-bond donors (Lipinski definition) is 1. The van der Waals surface area contributed by atoms with Gasteiger partial charge in [-0.25, -0.2) is 8.42 Å². The monoisotopic (exact) mass is 318 g/mol. The molecular weight excluding hydrogens is 292 g/mol. The molecule has 0 aliphatic carbocycles. The van der Waals surface area contributed by atoms with Crippen molar-refractivity contribution in [2.75, 3.05) is 25.4 Å². The fourth-order valence-corrected chi connectivity index (χ4v) is 5.03. The Balaban J connectivity index is 2.05. The second kappa shape index (κ2) is 6.62. The third-order valence-electron chi connectivity index (χ3n) is 4.53. The third-order valence-corrected chi connectivity index (χ3v) is 6.60. The van der Waals surface area contributed by atoms with Gasteiger partial charge in [-0.3, -0.25) is 4.79 Å². The molecule has 2 aliphatic rings. The minimum atomic E-state index is -3.33. The standard InChI is InChI=1S/C14H26N2O4S/c1-3-9-21(19,20)16-7-4-5-13(16)14(18)15-8-6-12(10-15)11(2)17/h11-13,17H,3-10H2,1-2H3. The summed E-state index contributed by atoms with van der Waals surface area (Å²) in [7, 11) is -3.33. The molecule has 2 aliphatic heterocycles. The average Bonchev–Trinajstić information content (AvgIpc) is 3.07. The maximum Gasteiger partial charge on any atom is 0.241 e. The molecule has 3 atom stereocenters. The van der Waals surface area contributed by atoms with Crippen LogP contribution in [-0.4, -0.2) is 66.2 Å². The fraction of sp³-hybridized carbons (Fsp3) is 0.929. The fourth-order valence-electron chi connectivity index (χ4n) is 3.29. The van der Waals surface area contributed by atoms with E-state index < -0.39 is 22.2 Å². The highest BCUT2D eigenvalue weighted by Gasteiger charge is 2.41. The summed E-state index contributed by atoms with van der Waals surface area (Å²) in [4.78, 5) is 14.3. The van der Waals surface area contributed by atoms with Gasteiger partial charge in [0.05, 0.1) is 11.9 Å². The zero-order chi connectivity index (χ0) is 15.6. The van der Waals surface area contributed by atoms with Gasteiger partial charge in [0.2, 0.25) is 15.9 Å². The van der Waals surface area contributed by atoms with Crippen molar-refractivity contribution in [3.8, 4) is 0 Å². The Bertz CT molecular complexity index is 477. The van der Waals surface area contributed by atoms with Gasteiger partial charge in [-0.1, -0.05) is 6.92 Å². The summed E-state index contributed by atoms with van der Waals surface area (Å²) in [5.41, 5.74) is 0. The molecule has 2 rings (SSSR count). The number of amides is 1. The van der Waals surface area contributed by atoms with E-state index >= 15 is 0 Å². The van der Waals surface area contributed by atoms with Crippen LogP contribution in [0.5, 0.6) is 0 Å². The van der Waals surface area contributed by atoms with Crippen molar-refractivity contribution in [3.05, 3.63) is 0 Å². The molecule has 0 radical (unpaired) electrons. The summed E-state index contributed by atoms with van der Waals surface area (Å²) in [6.45, 7) is 5.18. The Kier molecular flexibility index (Phi) is 5.27. The molecule has 0 aromatic heterocycles. The zero-order valence-electron chi connectivity index (χ0n) is 12.9. The van der Waals surface area contributed by atoms with Crippen molar-refractivity contribution < 1.29 is 18.3 Å². The van der Waals surface area contributed by atoms with Crippen molar-refractivity contribution in [2.45, 2.75) is 51.7 Å². The number of carbonyl (C=O) groups is 1. The van der Waals surface area contributed by atoms with Gasteiger partial charge in [0.1, 0.15) is 6.04 Å². The Hall–Kier alpha value is -0.660. The highest BCUT2D eigenvalue weighted by atomic mass is 32.2. The second-order valence-corrected chi connectivity index (χ2v) is 8.20. The molecule has 122 valence electrons. The maximum atomic E-state index is 12.6. The summed E-state index contributed by atoms with van der Waals surface area (Å²) < 4.78 is 25.9. The molecule has 6 nitrogen and oxygen atoms in total. The molecule has 1 N–H and O–H groups in total. The lowest BCUT2D eigenvalue weighted by molar-refractivity contribution is -0.133. The van der Waals surface area contributed by atoms with Crippen molar-refractivity contribution in [1.82, 2.24) is 9.21 Å². The van der Waals surface area contributed by atoms with E-state index in [-0.39, 0.29) is 17.6 Å². The van der Waals surface area contributed by atoms with Crippen LogP contribution >= 0.6 is 0 Å². The van der Waals surface area contributed by atoms with Gasteiger partial charge in [0.15, 0.2) is 0 Å². The third kappa shape index (κ3) is 3.57. The van der Waals surface area contributed by atoms with Crippen molar-refractivity contribution in [3.63, 3.8) is 0 Å². The topological polar surface area (TPSA) is 77.9 Å². The zero-order valence-corrected chi connectivity index (χ0v) is 13.7. The lowest BCUT2D eigenvalue weighted by Crippen LogP contribution is -2.47. The quantitative estimate of drug-likeness (QED) is 0.797. The predicted octanol–water partition coefficient (Wildman–Crippen LogP) is 0.420. The number of likely N-dealkylation sites (tertiary alicyclic amines) is 1. The van der Waals surface area contributed by atoms with Gasteiger partial charge in [-0.15, -0.1) is 0 Å². The summed E-state index contributed by atoms with van der Waals surface area (Å²) in [6.07, 6.45) is 2.28. The van der Waals surface area contributed by atoms with E-state index in [4.69, 9.17) is 0 Å². The molecule has 7 heteroatoms. The number of carbonyl (C=O) groups excluding carboxylic acids is 1. The van der Waals surface area contributed by atoms with Gasteiger partial charge in [-0.2, -0.15) is 4.31 Å². The normalized spacial score (nSPS) is 29.0. The molecule has 2 fully saturated rings. The number of hydrogen-bond acceptors (Lipinski definition) is 4. The van der Waals surface area contributed by atoms with E-state index in [2.05, 4.69) is 0 Å².